The van der Waals surface area contributed by atoms with Gasteiger partial charge in [0.15, 0.2) is 0 Å². The summed E-state index contributed by atoms with van der Waals surface area (Å²) in [5, 5.41) is 3.56. The molecule has 0 aliphatic carbocycles. The minimum Gasteiger partial charge on any atom is -0.316 e. The molecular weight excluding hydrogens is 232 g/mol. The monoisotopic (exact) mass is 260 g/mol. The number of hydrogen-bond acceptors (Lipinski definition) is 2. The summed E-state index contributed by atoms with van der Waals surface area (Å²) in [4.78, 5) is 2.66. The molecule has 19 heavy (non-hydrogen) atoms. The van der Waals surface area contributed by atoms with Crippen molar-refractivity contribution in [3.05, 3.63) is 35.9 Å². The summed E-state index contributed by atoms with van der Waals surface area (Å²) >= 11 is 0. The molecule has 1 aliphatic heterocycles. The number of rotatable bonds is 7. The van der Waals surface area contributed by atoms with Crippen LogP contribution in [-0.2, 0) is 6.42 Å². The summed E-state index contributed by atoms with van der Waals surface area (Å²) in [6.07, 6.45) is 3.77. The molecule has 2 nitrogen and oxygen atoms in total. The molecule has 2 rings (SSSR count). The zero-order valence-corrected chi connectivity index (χ0v) is 12.4. The van der Waals surface area contributed by atoms with Gasteiger partial charge in [0.25, 0.3) is 0 Å². The Hall–Kier alpha value is -0.860. The highest BCUT2D eigenvalue weighted by molar-refractivity contribution is 5.15. The maximum Gasteiger partial charge on any atom is 0.0107 e. The second-order valence-electron chi connectivity index (χ2n) is 5.89. The predicted octanol–water partition coefficient (Wildman–Crippen LogP) is 2.94. The molecule has 1 aromatic rings. The molecule has 0 bridgehead atoms. The van der Waals surface area contributed by atoms with E-state index in [0.717, 1.165) is 12.5 Å². The van der Waals surface area contributed by atoms with Crippen LogP contribution in [0.4, 0.5) is 0 Å². The van der Waals surface area contributed by atoms with Gasteiger partial charge in [-0.3, -0.25) is 4.90 Å². The van der Waals surface area contributed by atoms with E-state index in [1.54, 1.807) is 0 Å². The van der Waals surface area contributed by atoms with Crippen LogP contribution in [0.25, 0.3) is 0 Å². The van der Waals surface area contributed by atoms with Crippen LogP contribution in [0, 0.1) is 5.92 Å². The average Bonchev–Trinajstić information content (AvgIpc) is 2.89. The molecule has 1 heterocycles. The number of benzene rings is 1. The number of nitrogens with zero attached hydrogens (tertiary/aromatic N) is 1. The molecular formula is C17H28N2. The molecule has 0 amide bonds. The van der Waals surface area contributed by atoms with Crippen molar-refractivity contribution in [3.63, 3.8) is 0 Å². The molecule has 0 radical (unpaired) electrons. The molecule has 2 atom stereocenters. The first-order valence-corrected chi connectivity index (χ1v) is 7.78. The summed E-state index contributed by atoms with van der Waals surface area (Å²) in [5.74, 6) is 0.852. The Kier molecular flexibility index (Phi) is 5.87. The van der Waals surface area contributed by atoms with Crippen molar-refractivity contribution in [1.82, 2.24) is 10.2 Å². The van der Waals surface area contributed by atoms with E-state index in [-0.39, 0.29) is 0 Å². The van der Waals surface area contributed by atoms with Gasteiger partial charge < -0.3 is 5.32 Å². The minimum absolute atomic E-state index is 0.665. The predicted molar refractivity (Wildman–Crippen MR) is 82.4 cm³/mol. The zero-order valence-electron chi connectivity index (χ0n) is 12.4. The minimum atomic E-state index is 0.665. The van der Waals surface area contributed by atoms with E-state index in [9.17, 15) is 0 Å². The van der Waals surface area contributed by atoms with Crippen LogP contribution in [0.15, 0.2) is 30.3 Å². The lowest BCUT2D eigenvalue weighted by molar-refractivity contribution is 0.247. The van der Waals surface area contributed by atoms with Crippen LogP contribution >= 0.6 is 0 Å². The van der Waals surface area contributed by atoms with Crippen LogP contribution in [0.2, 0.25) is 0 Å². The van der Waals surface area contributed by atoms with Crippen LogP contribution < -0.4 is 5.32 Å². The number of nitrogens with one attached hydrogen (secondary N) is 1. The van der Waals surface area contributed by atoms with E-state index < -0.39 is 0 Å². The average molecular weight is 260 g/mol. The number of likely N-dealkylation sites (tertiary alicyclic amines) is 1. The molecule has 0 spiro atoms. The van der Waals surface area contributed by atoms with Gasteiger partial charge >= 0.3 is 0 Å². The van der Waals surface area contributed by atoms with Gasteiger partial charge in [-0.15, -0.1) is 0 Å². The summed E-state index contributed by atoms with van der Waals surface area (Å²) in [5.41, 5.74) is 1.46. The zero-order chi connectivity index (χ0) is 13.5. The third-order valence-electron chi connectivity index (χ3n) is 4.17. The van der Waals surface area contributed by atoms with E-state index in [1.165, 1.54) is 44.5 Å². The first-order valence-electron chi connectivity index (χ1n) is 7.78. The van der Waals surface area contributed by atoms with Crippen molar-refractivity contribution in [1.29, 1.82) is 0 Å². The van der Waals surface area contributed by atoms with Crippen molar-refractivity contribution in [2.75, 3.05) is 26.2 Å². The smallest absolute Gasteiger partial charge is 0.0107 e. The third kappa shape index (κ3) is 4.63. The molecule has 1 N–H and O–H groups in total. The molecule has 1 saturated heterocycles. The lowest BCUT2D eigenvalue weighted by Crippen LogP contribution is -2.34. The van der Waals surface area contributed by atoms with E-state index in [0.29, 0.717) is 6.04 Å². The fourth-order valence-corrected chi connectivity index (χ4v) is 3.00. The molecule has 2 heteroatoms. The maximum atomic E-state index is 3.56. The van der Waals surface area contributed by atoms with Gasteiger partial charge in [0.2, 0.25) is 0 Å². The standard InChI is InChI=1S/C17H28N2/c1-3-10-18-13-17-9-11-19(14-17)15(2)12-16-7-5-4-6-8-16/h4-8,15,17-18H,3,9-14H2,1-2H3. The van der Waals surface area contributed by atoms with Gasteiger partial charge in [0.1, 0.15) is 0 Å². The second kappa shape index (κ2) is 7.66. The lowest BCUT2D eigenvalue weighted by Gasteiger charge is -2.24. The first kappa shape index (κ1) is 14.5. The quantitative estimate of drug-likeness (QED) is 0.758. The largest absolute Gasteiger partial charge is 0.316 e. The van der Waals surface area contributed by atoms with Gasteiger partial charge in [-0.1, -0.05) is 37.3 Å². The second-order valence-corrected chi connectivity index (χ2v) is 5.89. The highest BCUT2D eigenvalue weighted by Gasteiger charge is 2.25. The SMILES string of the molecule is CCCNCC1CCN(C(C)Cc2ccccc2)C1. The van der Waals surface area contributed by atoms with E-state index in [1.807, 2.05) is 0 Å². The summed E-state index contributed by atoms with van der Waals surface area (Å²) in [7, 11) is 0. The van der Waals surface area contributed by atoms with Gasteiger partial charge in [-0.2, -0.15) is 0 Å². The Morgan fingerprint density at radius 1 is 1.32 bits per heavy atom. The van der Waals surface area contributed by atoms with Crippen LogP contribution in [0.1, 0.15) is 32.3 Å². The van der Waals surface area contributed by atoms with E-state index in [2.05, 4.69) is 54.4 Å². The highest BCUT2D eigenvalue weighted by atomic mass is 15.2. The molecule has 1 aliphatic rings. The lowest BCUT2D eigenvalue weighted by atomic mass is 10.1. The fourth-order valence-electron chi connectivity index (χ4n) is 3.00. The first-order chi connectivity index (χ1) is 9.29. The maximum absolute atomic E-state index is 3.56. The van der Waals surface area contributed by atoms with Crippen molar-refractivity contribution in [2.24, 2.45) is 5.92 Å². The van der Waals surface area contributed by atoms with Gasteiger partial charge in [0, 0.05) is 12.6 Å². The molecule has 0 saturated carbocycles. The Morgan fingerprint density at radius 3 is 2.84 bits per heavy atom. The van der Waals surface area contributed by atoms with Crippen LogP contribution in [0.5, 0.6) is 0 Å². The molecule has 2 unspecified atom stereocenters. The van der Waals surface area contributed by atoms with Crippen molar-refractivity contribution < 1.29 is 0 Å². The number of hydrogen-bond donors (Lipinski definition) is 1. The Balaban J connectivity index is 1.74. The van der Waals surface area contributed by atoms with E-state index >= 15 is 0 Å². The molecule has 106 valence electrons. The van der Waals surface area contributed by atoms with Crippen molar-refractivity contribution in [2.45, 2.75) is 39.2 Å². The fraction of sp³-hybridized carbons (Fsp3) is 0.647. The molecule has 0 aromatic heterocycles. The van der Waals surface area contributed by atoms with Crippen molar-refractivity contribution in [3.8, 4) is 0 Å². The van der Waals surface area contributed by atoms with Gasteiger partial charge in [-0.25, -0.2) is 0 Å². The third-order valence-corrected chi connectivity index (χ3v) is 4.17. The Morgan fingerprint density at radius 2 is 2.11 bits per heavy atom. The summed E-state index contributed by atoms with van der Waals surface area (Å²) in [6, 6.07) is 11.5. The topological polar surface area (TPSA) is 15.3 Å². The van der Waals surface area contributed by atoms with Crippen LogP contribution in [-0.4, -0.2) is 37.1 Å². The van der Waals surface area contributed by atoms with Crippen LogP contribution in [0.3, 0.4) is 0 Å². The van der Waals surface area contributed by atoms with Gasteiger partial charge in [0.05, 0.1) is 0 Å². The van der Waals surface area contributed by atoms with Gasteiger partial charge in [-0.05, 0) is 57.3 Å². The Labute approximate surface area is 118 Å². The molecule has 1 fully saturated rings. The molecule has 1 aromatic carbocycles. The summed E-state index contributed by atoms with van der Waals surface area (Å²) in [6.45, 7) is 9.50. The van der Waals surface area contributed by atoms with E-state index in [4.69, 9.17) is 0 Å². The normalized spacial score (nSPS) is 21.7. The highest BCUT2D eigenvalue weighted by Crippen LogP contribution is 2.20. The Bertz CT molecular complexity index is 350. The van der Waals surface area contributed by atoms with Crippen molar-refractivity contribution >= 4 is 0 Å². The summed E-state index contributed by atoms with van der Waals surface area (Å²) < 4.78 is 0.